The van der Waals surface area contributed by atoms with Crippen molar-refractivity contribution in [1.82, 2.24) is 0 Å². The number of fused-ring (bicyclic) bond motifs is 1. The minimum atomic E-state index is -0.420. The van der Waals surface area contributed by atoms with Gasteiger partial charge in [0.2, 0.25) is 0 Å². The van der Waals surface area contributed by atoms with Crippen molar-refractivity contribution in [2.24, 2.45) is 0 Å². The second-order valence-electron chi connectivity index (χ2n) is 4.18. The van der Waals surface area contributed by atoms with Gasteiger partial charge < -0.3 is 9.52 Å². The highest BCUT2D eigenvalue weighted by Gasteiger charge is 2.08. The zero-order chi connectivity index (χ0) is 13.4. The van der Waals surface area contributed by atoms with Gasteiger partial charge in [0.05, 0.1) is 5.56 Å². The molecule has 0 aliphatic carbocycles. The van der Waals surface area contributed by atoms with Crippen LogP contribution in [0.5, 0.6) is 5.75 Å². The summed E-state index contributed by atoms with van der Waals surface area (Å²) in [6.45, 7) is 0. The molecule has 0 fully saturated rings. The molecule has 0 amide bonds. The van der Waals surface area contributed by atoms with Crippen molar-refractivity contribution in [2.45, 2.75) is 0 Å². The molecule has 0 saturated heterocycles. The largest absolute Gasteiger partial charge is 0.508 e. The summed E-state index contributed by atoms with van der Waals surface area (Å²) in [5.74, 6) is 0.0749. The van der Waals surface area contributed by atoms with E-state index in [1.807, 2.05) is 24.3 Å². The Balaban J connectivity index is 2.28. The summed E-state index contributed by atoms with van der Waals surface area (Å²) >= 11 is 3.38. The molecule has 0 aliphatic heterocycles. The summed E-state index contributed by atoms with van der Waals surface area (Å²) in [6.07, 6.45) is 0. The Bertz CT molecular complexity index is 821. The first kappa shape index (κ1) is 12.0. The molecule has 3 rings (SSSR count). The van der Waals surface area contributed by atoms with Gasteiger partial charge in [-0.1, -0.05) is 28.1 Å². The molecule has 1 aromatic heterocycles. The van der Waals surface area contributed by atoms with E-state index in [0.717, 1.165) is 15.4 Å². The third-order valence-electron chi connectivity index (χ3n) is 2.86. The number of hydrogen-bond acceptors (Lipinski definition) is 3. The fourth-order valence-electron chi connectivity index (χ4n) is 1.96. The maximum absolute atomic E-state index is 12.0. The molecule has 2 aromatic carbocycles. The molecule has 0 spiro atoms. The van der Waals surface area contributed by atoms with Crippen molar-refractivity contribution in [2.75, 3.05) is 0 Å². The van der Waals surface area contributed by atoms with Crippen LogP contribution >= 0.6 is 15.9 Å². The summed E-state index contributed by atoms with van der Waals surface area (Å²) in [6, 6.07) is 13.9. The number of aromatic hydroxyl groups is 1. The van der Waals surface area contributed by atoms with E-state index in [2.05, 4.69) is 15.9 Å². The van der Waals surface area contributed by atoms with Crippen LogP contribution in [0.2, 0.25) is 0 Å². The van der Waals surface area contributed by atoms with Gasteiger partial charge in [-0.05, 0) is 35.9 Å². The third-order valence-corrected chi connectivity index (χ3v) is 3.35. The van der Waals surface area contributed by atoms with Gasteiger partial charge in [0.15, 0.2) is 0 Å². The first-order valence-corrected chi connectivity index (χ1v) is 6.45. The second-order valence-corrected chi connectivity index (χ2v) is 5.10. The molecule has 4 heteroatoms. The second kappa shape index (κ2) is 4.55. The van der Waals surface area contributed by atoms with E-state index in [-0.39, 0.29) is 5.75 Å². The van der Waals surface area contributed by atoms with Gasteiger partial charge in [-0.25, -0.2) is 4.79 Å². The van der Waals surface area contributed by atoms with Crippen LogP contribution in [0.1, 0.15) is 0 Å². The lowest BCUT2D eigenvalue weighted by molar-refractivity contribution is 0.473. The third kappa shape index (κ3) is 2.27. The highest BCUT2D eigenvalue weighted by molar-refractivity contribution is 9.10. The SMILES string of the molecule is O=c1oc2cc(O)ccc2cc1-c1cccc(Br)c1. The smallest absolute Gasteiger partial charge is 0.344 e. The van der Waals surface area contributed by atoms with Gasteiger partial charge in [0.1, 0.15) is 11.3 Å². The van der Waals surface area contributed by atoms with Crippen LogP contribution in [0.25, 0.3) is 22.1 Å². The van der Waals surface area contributed by atoms with Gasteiger partial charge >= 0.3 is 5.63 Å². The van der Waals surface area contributed by atoms with Crippen LogP contribution in [-0.2, 0) is 0 Å². The van der Waals surface area contributed by atoms with Crippen molar-refractivity contribution >= 4 is 26.9 Å². The molecule has 3 nitrogen and oxygen atoms in total. The Morgan fingerprint density at radius 3 is 2.68 bits per heavy atom. The van der Waals surface area contributed by atoms with Crippen LogP contribution < -0.4 is 5.63 Å². The first-order chi connectivity index (χ1) is 9.13. The van der Waals surface area contributed by atoms with E-state index in [1.54, 1.807) is 18.2 Å². The quantitative estimate of drug-likeness (QED) is 0.692. The minimum Gasteiger partial charge on any atom is -0.508 e. The number of benzene rings is 2. The van der Waals surface area contributed by atoms with Crippen molar-refractivity contribution in [1.29, 1.82) is 0 Å². The van der Waals surface area contributed by atoms with Gasteiger partial charge in [0, 0.05) is 15.9 Å². The van der Waals surface area contributed by atoms with E-state index in [9.17, 15) is 9.90 Å². The van der Waals surface area contributed by atoms with Gasteiger partial charge in [-0.15, -0.1) is 0 Å². The van der Waals surface area contributed by atoms with E-state index < -0.39 is 5.63 Å². The lowest BCUT2D eigenvalue weighted by atomic mass is 10.1. The fourth-order valence-corrected chi connectivity index (χ4v) is 2.36. The molecule has 0 radical (unpaired) electrons. The van der Waals surface area contributed by atoms with Crippen LogP contribution in [0.15, 0.2) is 62.2 Å². The van der Waals surface area contributed by atoms with Crippen LogP contribution in [0.3, 0.4) is 0 Å². The highest BCUT2D eigenvalue weighted by atomic mass is 79.9. The Morgan fingerprint density at radius 2 is 1.89 bits per heavy atom. The fraction of sp³-hybridized carbons (Fsp3) is 0. The molecule has 94 valence electrons. The summed E-state index contributed by atoms with van der Waals surface area (Å²) < 4.78 is 6.14. The molecule has 0 unspecified atom stereocenters. The molecule has 0 aliphatic rings. The number of halogens is 1. The standard InChI is InChI=1S/C15H9BrO3/c16-11-3-1-2-9(6-11)13-7-10-4-5-12(17)8-14(10)19-15(13)18/h1-8,17H. The Morgan fingerprint density at radius 1 is 1.05 bits per heavy atom. The molecule has 19 heavy (non-hydrogen) atoms. The summed E-state index contributed by atoms with van der Waals surface area (Å²) in [7, 11) is 0. The molecule has 0 saturated carbocycles. The van der Waals surface area contributed by atoms with Crippen LogP contribution in [0.4, 0.5) is 0 Å². The average molecular weight is 317 g/mol. The lowest BCUT2D eigenvalue weighted by Gasteiger charge is -2.03. The van der Waals surface area contributed by atoms with Crippen molar-refractivity contribution < 1.29 is 9.52 Å². The molecule has 1 N–H and O–H groups in total. The van der Waals surface area contributed by atoms with Gasteiger partial charge in [-0.2, -0.15) is 0 Å². The zero-order valence-electron chi connectivity index (χ0n) is 9.76. The first-order valence-electron chi connectivity index (χ1n) is 5.66. The van der Waals surface area contributed by atoms with Crippen LogP contribution in [-0.4, -0.2) is 5.11 Å². The maximum Gasteiger partial charge on any atom is 0.344 e. The average Bonchev–Trinajstić information content (AvgIpc) is 2.37. The number of phenolic OH excluding ortho intramolecular Hbond substituents is 1. The minimum absolute atomic E-state index is 0.0749. The van der Waals surface area contributed by atoms with E-state index in [0.29, 0.717) is 11.1 Å². The lowest BCUT2D eigenvalue weighted by Crippen LogP contribution is -2.02. The summed E-state index contributed by atoms with van der Waals surface area (Å²) in [5.41, 5.74) is 1.25. The number of phenols is 1. The maximum atomic E-state index is 12.0. The Hall–Kier alpha value is -2.07. The summed E-state index contributed by atoms with van der Waals surface area (Å²) in [4.78, 5) is 12.0. The Labute approximate surface area is 117 Å². The van der Waals surface area contributed by atoms with Crippen LogP contribution in [0, 0.1) is 0 Å². The van der Waals surface area contributed by atoms with E-state index in [1.165, 1.54) is 6.07 Å². The predicted octanol–water partition coefficient (Wildman–Crippen LogP) is 3.93. The molecule has 3 aromatic rings. The topological polar surface area (TPSA) is 50.4 Å². The van der Waals surface area contributed by atoms with E-state index >= 15 is 0 Å². The molecular weight excluding hydrogens is 308 g/mol. The molecular formula is C15H9BrO3. The molecule has 0 atom stereocenters. The van der Waals surface area contributed by atoms with Gasteiger partial charge in [0.25, 0.3) is 0 Å². The molecule has 0 bridgehead atoms. The molecule has 1 heterocycles. The van der Waals surface area contributed by atoms with Crippen molar-refractivity contribution in [3.63, 3.8) is 0 Å². The monoisotopic (exact) mass is 316 g/mol. The highest BCUT2D eigenvalue weighted by Crippen LogP contribution is 2.25. The van der Waals surface area contributed by atoms with Crippen molar-refractivity contribution in [3.05, 3.63) is 63.4 Å². The van der Waals surface area contributed by atoms with Crippen molar-refractivity contribution in [3.8, 4) is 16.9 Å². The van der Waals surface area contributed by atoms with E-state index in [4.69, 9.17) is 4.42 Å². The number of hydrogen-bond donors (Lipinski definition) is 1. The summed E-state index contributed by atoms with van der Waals surface area (Å²) in [5, 5.41) is 10.1. The normalized spacial score (nSPS) is 10.8. The number of rotatable bonds is 1. The zero-order valence-corrected chi connectivity index (χ0v) is 11.3. The predicted molar refractivity (Wildman–Crippen MR) is 77.3 cm³/mol. The van der Waals surface area contributed by atoms with Gasteiger partial charge in [-0.3, -0.25) is 0 Å². The Kier molecular flexibility index (Phi) is 2.87.